The Bertz CT molecular complexity index is 535. The molecule has 1 aliphatic heterocycles. The van der Waals surface area contributed by atoms with Crippen LogP contribution < -0.4 is 10.7 Å². The first-order valence-electron chi connectivity index (χ1n) is 7.50. The van der Waals surface area contributed by atoms with Crippen LogP contribution >= 0.6 is 0 Å². The number of rotatable bonds is 6. The summed E-state index contributed by atoms with van der Waals surface area (Å²) < 4.78 is 0. The van der Waals surface area contributed by atoms with Gasteiger partial charge in [-0.15, -0.1) is 0 Å². The maximum atomic E-state index is 12.6. The molecule has 0 saturated heterocycles. The molecule has 0 radical (unpaired) electrons. The van der Waals surface area contributed by atoms with Crippen molar-refractivity contribution in [2.45, 2.75) is 46.5 Å². The minimum absolute atomic E-state index is 0.0306. The van der Waals surface area contributed by atoms with Gasteiger partial charge in [-0.1, -0.05) is 13.3 Å². The Labute approximate surface area is 125 Å². The van der Waals surface area contributed by atoms with Crippen molar-refractivity contribution in [3.63, 3.8) is 0 Å². The van der Waals surface area contributed by atoms with Gasteiger partial charge in [-0.3, -0.25) is 4.79 Å². The number of aryl methyl sites for hydroxylation is 2. The van der Waals surface area contributed by atoms with Crippen molar-refractivity contribution in [3.05, 3.63) is 17.5 Å². The minimum atomic E-state index is -0.169. The molecule has 21 heavy (non-hydrogen) atoms. The summed E-state index contributed by atoms with van der Waals surface area (Å²) >= 11 is 0. The number of carbonyl (C=O) groups is 1. The van der Waals surface area contributed by atoms with Gasteiger partial charge in [0.2, 0.25) is 0 Å². The molecule has 6 nitrogen and oxygen atoms in total. The SMILES string of the molecule is CCCC1=NN(c2nc(C)cc(C)n2)C(=O)C1CCCN. The predicted octanol–water partition coefficient (Wildman–Crippen LogP) is 1.95. The summed E-state index contributed by atoms with van der Waals surface area (Å²) in [5.41, 5.74) is 8.17. The molecule has 2 N–H and O–H groups in total. The standard InChI is InChI=1S/C15H23N5O/c1-4-6-13-12(7-5-8-16)14(21)20(19-13)15-17-10(2)9-11(3)18-15/h9,12H,4-8,16H2,1-3H3. The molecule has 0 fully saturated rings. The highest BCUT2D eigenvalue weighted by Gasteiger charge is 2.36. The van der Waals surface area contributed by atoms with Gasteiger partial charge < -0.3 is 5.73 Å². The molecular formula is C15H23N5O. The molecule has 2 heterocycles. The van der Waals surface area contributed by atoms with E-state index in [2.05, 4.69) is 22.0 Å². The quantitative estimate of drug-likeness (QED) is 0.867. The molecule has 1 atom stereocenters. The van der Waals surface area contributed by atoms with Gasteiger partial charge in [0.25, 0.3) is 11.9 Å². The van der Waals surface area contributed by atoms with Gasteiger partial charge in [0.15, 0.2) is 0 Å². The van der Waals surface area contributed by atoms with Crippen LogP contribution in [0.2, 0.25) is 0 Å². The Morgan fingerprint density at radius 2 is 1.95 bits per heavy atom. The molecular weight excluding hydrogens is 266 g/mol. The zero-order chi connectivity index (χ0) is 15.4. The van der Waals surface area contributed by atoms with E-state index >= 15 is 0 Å². The van der Waals surface area contributed by atoms with Crippen molar-refractivity contribution in [1.82, 2.24) is 9.97 Å². The highest BCUT2D eigenvalue weighted by atomic mass is 16.2. The maximum Gasteiger partial charge on any atom is 0.258 e. The highest BCUT2D eigenvalue weighted by molar-refractivity contribution is 6.14. The van der Waals surface area contributed by atoms with E-state index in [0.29, 0.717) is 12.5 Å². The molecule has 0 bridgehead atoms. The fraction of sp³-hybridized carbons (Fsp3) is 0.600. The summed E-state index contributed by atoms with van der Waals surface area (Å²) in [5.74, 6) is 0.177. The van der Waals surface area contributed by atoms with Crippen LogP contribution in [0.5, 0.6) is 0 Å². The molecule has 1 amide bonds. The van der Waals surface area contributed by atoms with Crippen molar-refractivity contribution >= 4 is 17.6 Å². The largest absolute Gasteiger partial charge is 0.330 e. The molecule has 0 spiro atoms. The minimum Gasteiger partial charge on any atom is -0.330 e. The van der Waals surface area contributed by atoms with E-state index in [-0.39, 0.29) is 11.8 Å². The van der Waals surface area contributed by atoms with Crippen LogP contribution in [0.4, 0.5) is 5.95 Å². The summed E-state index contributed by atoms with van der Waals surface area (Å²) in [6.07, 6.45) is 3.35. The van der Waals surface area contributed by atoms with E-state index in [1.54, 1.807) is 0 Å². The van der Waals surface area contributed by atoms with Crippen LogP contribution in [0, 0.1) is 19.8 Å². The molecule has 6 heteroatoms. The van der Waals surface area contributed by atoms with Crippen LogP contribution in [0.3, 0.4) is 0 Å². The van der Waals surface area contributed by atoms with Crippen LogP contribution in [0.1, 0.15) is 44.0 Å². The maximum absolute atomic E-state index is 12.6. The number of nitrogens with zero attached hydrogens (tertiary/aromatic N) is 4. The summed E-state index contributed by atoms with van der Waals surface area (Å²) in [6.45, 7) is 6.45. The van der Waals surface area contributed by atoms with Crippen LogP contribution in [-0.2, 0) is 4.79 Å². The van der Waals surface area contributed by atoms with Crippen molar-refractivity contribution in [2.24, 2.45) is 16.8 Å². The van der Waals surface area contributed by atoms with E-state index in [9.17, 15) is 4.79 Å². The van der Waals surface area contributed by atoms with Crippen molar-refractivity contribution in [1.29, 1.82) is 0 Å². The monoisotopic (exact) mass is 289 g/mol. The van der Waals surface area contributed by atoms with Gasteiger partial charge in [-0.2, -0.15) is 10.1 Å². The van der Waals surface area contributed by atoms with E-state index in [1.165, 1.54) is 5.01 Å². The zero-order valence-electron chi connectivity index (χ0n) is 13.0. The number of carbonyl (C=O) groups excluding carboxylic acids is 1. The fourth-order valence-electron chi connectivity index (χ4n) is 2.58. The Hall–Kier alpha value is -1.82. The van der Waals surface area contributed by atoms with E-state index in [1.807, 2.05) is 19.9 Å². The Kier molecular flexibility index (Phi) is 5.01. The third-order valence-corrected chi connectivity index (χ3v) is 3.50. The molecule has 2 rings (SSSR count). The number of hydrogen-bond acceptors (Lipinski definition) is 5. The van der Waals surface area contributed by atoms with Gasteiger partial charge in [-0.05, 0) is 45.7 Å². The van der Waals surface area contributed by atoms with Gasteiger partial charge in [0.05, 0.1) is 11.6 Å². The van der Waals surface area contributed by atoms with Gasteiger partial charge in [0.1, 0.15) is 0 Å². The topological polar surface area (TPSA) is 84.5 Å². The zero-order valence-corrected chi connectivity index (χ0v) is 13.0. The molecule has 1 aromatic rings. The van der Waals surface area contributed by atoms with Gasteiger partial charge in [0, 0.05) is 11.4 Å². The molecule has 1 aromatic heterocycles. The number of anilines is 1. The molecule has 1 unspecified atom stereocenters. The Balaban J connectivity index is 2.29. The second-order valence-electron chi connectivity index (χ2n) is 5.43. The number of aromatic nitrogens is 2. The van der Waals surface area contributed by atoms with E-state index in [4.69, 9.17) is 5.73 Å². The molecule has 114 valence electrons. The number of nitrogens with two attached hydrogens (primary N) is 1. The average molecular weight is 289 g/mol. The number of amides is 1. The molecule has 0 saturated carbocycles. The average Bonchev–Trinajstić information content (AvgIpc) is 2.73. The van der Waals surface area contributed by atoms with Crippen LogP contribution in [-0.4, -0.2) is 28.1 Å². The second-order valence-corrected chi connectivity index (χ2v) is 5.43. The fourth-order valence-corrected chi connectivity index (χ4v) is 2.58. The Morgan fingerprint density at radius 1 is 1.29 bits per heavy atom. The summed E-state index contributed by atoms with van der Waals surface area (Å²) in [5, 5.41) is 5.85. The first-order chi connectivity index (χ1) is 10.1. The third-order valence-electron chi connectivity index (χ3n) is 3.50. The van der Waals surface area contributed by atoms with E-state index < -0.39 is 0 Å². The van der Waals surface area contributed by atoms with Crippen molar-refractivity contribution in [3.8, 4) is 0 Å². The van der Waals surface area contributed by atoms with Crippen molar-refractivity contribution < 1.29 is 4.79 Å². The summed E-state index contributed by atoms with van der Waals surface area (Å²) in [6, 6.07) is 1.88. The predicted molar refractivity (Wildman–Crippen MR) is 83.1 cm³/mol. The van der Waals surface area contributed by atoms with Gasteiger partial charge >= 0.3 is 0 Å². The molecule has 1 aliphatic rings. The lowest BCUT2D eigenvalue weighted by Crippen LogP contribution is -2.29. The lowest BCUT2D eigenvalue weighted by molar-refractivity contribution is -0.120. The van der Waals surface area contributed by atoms with E-state index in [0.717, 1.165) is 42.8 Å². The van der Waals surface area contributed by atoms with Gasteiger partial charge in [-0.25, -0.2) is 9.97 Å². The number of hydrogen-bond donors (Lipinski definition) is 1. The molecule has 0 aliphatic carbocycles. The summed E-state index contributed by atoms with van der Waals surface area (Å²) in [7, 11) is 0. The normalized spacial score (nSPS) is 18.3. The first kappa shape index (κ1) is 15.6. The second kappa shape index (κ2) is 6.76. The third kappa shape index (κ3) is 3.44. The summed E-state index contributed by atoms with van der Waals surface area (Å²) in [4.78, 5) is 21.3. The Morgan fingerprint density at radius 3 is 2.52 bits per heavy atom. The lowest BCUT2D eigenvalue weighted by atomic mass is 9.95. The van der Waals surface area contributed by atoms with Crippen molar-refractivity contribution in [2.75, 3.05) is 11.6 Å². The smallest absolute Gasteiger partial charge is 0.258 e. The number of hydrazone groups is 1. The lowest BCUT2D eigenvalue weighted by Gasteiger charge is -2.13. The van der Waals surface area contributed by atoms with Crippen LogP contribution in [0.25, 0.3) is 0 Å². The first-order valence-corrected chi connectivity index (χ1v) is 7.50. The van der Waals surface area contributed by atoms with Crippen LogP contribution in [0.15, 0.2) is 11.2 Å². The molecule has 0 aromatic carbocycles. The highest BCUT2D eigenvalue weighted by Crippen LogP contribution is 2.26.